The van der Waals surface area contributed by atoms with Crippen LogP contribution in [0.15, 0.2) is 144 Å². The monoisotopic (exact) mass is 509 g/mol. The molecule has 2 heteroatoms. The van der Waals surface area contributed by atoms with Crippen LogP contribution in [0.5, 0.6) is 0 Å². The highest BCUT2D eigenvalue weighted by Gasteiger charge is 2.54. The van der Waals surface area contributed by atoms with Crippen LogP contribution in [0.4, 0.5) is 0 Å². The van der Waals surface area contributed by atoms with Crippen LogP contribution in [0.2, 0.25) is 0 Å². The van der Waals surface area contributed by atoms with Crippen molar-refractivity contribution >= 4 is 11.0 Å². The van der Waals surface area contributed by atoms with Crippen LogP contribution in [-0.2, 0) is 5.41 Å². The zero-order valence-corrected chi connectivity index (χ0v) is 21.6. The summed E-state index contributed by atoms with van der Waals surface area (Å²) in [5, 5.41) is 1.18. The molecule has 0 radical (unpaired) electrons. The first kappa shape index (κ1) is 21.7. The number of fused-ring (bicyclic) bond motifs is 12. The van der Waals surface area contributed by atoms with Gasteiger partial charge in [0.15, 0.2) is 0 Å². The largest absolute Gasteiger partial charge is 0.456 e. The van der Waals surface area contributed by atoms with Crippen molar-refractivity contribution < 1.29 is 4.42 Å². The van der Waals surface area contributed by atoms with E-state index in [0.29, 0.717) is 0 Å². The van der Waals surface area contributed by atoms with Gasteiger partial charge in [0.05, 0.1) is 11.1 Å². The number of para-hydroxylation sites is 1. The molecule has 2 aromatic heterocycles. The van der Waals surface area contributed by atoms with E-state index in [-0.39, 0.29) is 0 Å². The first-order valence-corrected chi connectivity index (χ1v) is 13.7. The highest BCUT2D eigenvalue weighted by molar-refractivity contribution is 6.02. The van der Waals surface area contributed by atoms with Crippen molar-refractivity contribution in [2.45, 2.75) is 5.41 Å². The van der Waals surface area contributed by atoms with Gasteiger partial charge in [-0.3, -0.25) is 4.98 Å². The van der Waals surface area contributed by atoms with Crippen molar-refractivity contribution in [3.05, 3.63) is 162 Å². The summed E-state index contributed by atoms with van der Waals surface area (Å²) < 4.78 is 6.71. The Bertz CT molecular complexity index is 2060. The second-order valence-electron chi connectivity index (χ2n) is 10.7. The molecule has 0 amide bonds. The third kappa shape index (κ3) is 2.70. The molecule has 2 aliphatic carbocycles. The Morgan fingerprint density at radius 1 is 0.500 bits per heavy atom. The molecule has 0 unspecified atom stereocenters. The second kappa shape index (κ2) is 7.91. The number of furan rings is 1. The van der Waals surface area contributed by atoms with Gasteiger partial charge >= 0.3 is 0 Å². The first-order chi connectivity index (χ1) is 19.8. The molecule has 40 heavy (non-hydrogen) atoms. The number of pyridine rings is 1. The lowest BCUT2D eigenvalue weighted by molar-refractivity contribution is 0.628. The van der Waals surface area contributed by atoms with E-state index in [1.807, 2.05) is 24.4 Å². The van der Waals surface area contributed by atoms with Crippen LogP contribution in [-0.4, -0.2) is 4.98 Å². The lowest BCUT2D eigenvalue weighted by Crippen LogP contribution is -2.25. The fourth-order valence-corrected chi connectivity index (χ4v) is 7.14. The summed E-state index contributed by atoms with van der Waals surface area (Å²) >= 11 is 0. The highest BCUT2D eigenvalue weighted by Crippen LogP contribution is 2.65. The van der Waals surface area contributed by atoms with Gasteiger partial charge in [-0.15, -0.1) is 0 Å². The van der Waals surface area contributed by atoms with E-state index in [1.165, 1.54) is 55.5 Å². The smallest absolute Gasteiger partial charge is 0.140 e. The van der Waals surface area contributed by atoms with Crippen molar-refractivity contribution in [1.82, 2.24) is 4.98 Å². The molecule has 186 valence electrons. The fraction of sp³-hybridized carbons (Fsp3) is 0.0263. The predicted molar refractivity (Wildman–Crippen MR) is 161 cm³/mol. The van der Waals surface area contributed by atoms with Gasteiger partial charge in [-0.25, -0.2) is 0 Å². The van der Waals surface area contributed by atoms with Crippen molar-refractivity contribution in [3.8, 4) is 44.8 Å². The Hall–Kier alpha value is -5.21. The van der Waals surface area contributed by atoms with E-state index in [1.54, 1.807) is 0 Å². The van der Waals surface area contributed by atoms with Crippen LogP contribution < -0.4 is 0 Å². The normalized spacial score (nSPS) is 13.7. The van der Waals surface area contributed by atoms with E-state index < -0.39 is 5.41 Å². The van der Waals surface area contributed by atoms with Crippen molar-refractivity contribution in [2.24, 2.45) is 0 Å². The number of nitrogens with zero attached hydrogens (tertiary/aromatic N) is 1. The van der Waals surface area contributed by atoms with Gasteiger partial charge in [0.2, 0.25) is 0 Å². The Labute approximate surface area is 232 Å². The van der Waals surface area contributed by atoms with E-state index in [4.69, 9.17) is 4.42 Å². The third-order valence-electron chi connectivity index (χ3n) is 8.77. The van der Waals surface area contributed by atoms with Gasteiger partial charge in [0.25, 0.3) is 0 Å². The summed E-state index contributed by atoms with van der Waals surface area (Å²) in [6.07, 6.45) is 1.84. The Kier molecular flexibility index (Phi) is 4.29. The quantitative estimate of drug-likeness (QED) is 0.232. The van der Waals surface area contributed by atoms with Gasteiger partial charge in [-0.1, -0.05) is 109 Å². The maximum atomic E-state index is 6.71. The first-order valence-electron chi connectivity index (χ1n) is 13.7. The molecule has 9 rings (SSSR count). The van der Waals surface area contributed by atoms with Crippen molar-refractivity contribution in [1.29, 1.82) is 0 Å². The van der Waals surface area contributed by atoms with Gasteiger partial charge in [-0.2, -0.15) is 0 Å². The average Bonchev–Trinajstić information content (AvgIpc) is 3.65. The SMILES string of the molecule is c1ccc(-c2ccc(-c3ccc4c(c3)-c3oc5ccccc5c3C43c4ccccc4-c4ccccc43)cc2)nc1. The molecule has 0 saturated heterocycles. The Morgan fingerprint density at radius 2 is 1.12 bits per heavy atom. The second-order valence-corrected chi connectivity index (χ2v) is 10.7. The molecule has 0 aliphatic heterocycles. The molecular weight excluding hydrogens is 486 g/mol. The van der Waals surface area contributed by atoms with E-state index in [9.17, 15) is 0 Å². The van der Waals surface area contributed by atoms with Gasteiger partial charge in [0.1, 0.15) is 11.3 Å². The van der Waals surface area contributed by atoms with Gasteiger partial charge < -0.3 is 4.42 Å². The number of rotatable bonds is 2. The minimum atomic E-state index is -0.411. The van der Waals surface area contributed by atoms with Crippen molar-refractivity contribution in [2.75, 3.05) is 0 Å². The van der Waals surface area contributed by atoms with Gasteiger partial charge in [0, 0.05) is 28.3 Å². The molecule has 2 nitrogen and oxygen atoms in total. The summed E-state index contributed by atoms with van der Waals surface area (Å²) in [7, 11) is 0. The summed E-state index contributed by atoms with van der Waals surface area (Å²) in [5.74, 6) is 0.981. The maximum Gasteiger partial charge on any atom is 0.140 e. The number of hydrogen-bond acceptors (Lipinski definition) is 2. The van der Waals surface area contributed by atoms with Crippen LogP contribution in [0.1, 0.15) is 22.3 Å². The lowest BCUT2D eigenvalue weighted by atomic mass is 9.70. The van der Waals surface area contributed by atoms with Crippen molar-refractivity contribution in [3.63, 3.8) is 0 Å². The standard InChI is InChI=1S/C38H23NO/c1-4-12-31-27(9-1)28-10-2-5-13-32(28)38(31)33-21-20-26(24-16-18-25(19-17-24)34-14-7-8-22-39-34)23-30(33)37-36(38)29-11-3-6-15-35(29)40-37/h1-23H. The molecule has 2 aliphatic rings. The molecule has 7 aromatic rings. The predicted octanol–water partition coefficient (Wildman–Crippen LogP) is 9.51. The molecule has 0 N–H and O–H groups in total. The number of hydrogen-bond donors (Lipinski definition) is 0. The lowest BCUT2D eigenvalue weighted by Gasteiger charge is -2.30. The number of aromatic nitrogens is 1. The summed E-state index contributed by atoms with van der Waals surface area (Å²) in [6.45, 7) is 0. The molecule has 2 heterocycles. The third-order valence-corrected chi connectivity index (χ3v) is 8.77. The molecule has 0 fully saturated rings. The summed E-state index contributed by atoms with van der Waals surface area (Å²) in [5.41, 5.74) is 14.0. The minimum absolute atomic E-state index is 0.411. The van der Waals surface area contributed by atoms with Gasteiger partial charge in [-0.05, 0) is 63.2 Å². The average molecular weight is 510 g/mol. The molecule has 0 bridgehead atoms. The van der Waals surface area contributed by atoms with Crippen LogP contribution in [0, 0.1) is 0 Å². The van der Waals surface area contributed by atoms with E-state index in [2.05, 4.69) is 120 Å². The molecule has 5 aromatic carbocycles. The van der Waals surface area contributed by atoms with Crippen LogP contribution in [0.3, 0.4) is 0 Å². The topological polar surface area (TPSA) is 26.0 Å². The molecule has 1 spiro atoms. The summed E-state index contributed by atoms with van der Waals surface area (Å²) in [4.78, 5) is 4.51. The zero-order valence-electron chi connectivity index (χ0n) is 21.6. The fourth-order valence-electron chi connectivity index (χ4n) is 7.14. The molecule has 0 atom stereocenters. The van der Waals surface area contributed by atoms with E-state index >= 15 is 0 Å². The Balaban J connectivity index is 1.31. The molecular formula is C38H23NO. The van der Waals surface area contributed by atoms with Crippen LogP contribution >= 0.6 is 0 Å². The van der Waals surface area contributed by atoms with Crippen LogP contribution in [0.25, 0.3) is 55.8 Å². The molecule has 0 saturated carbocycles. The van der Waals surface area contributed by atoms with E-state index in [0.717, 1.165) is 22.6 Å². The Morgan fingerprint density at radius 3 is 1.88 bits per heavy atom. The highest BCUT2D eigenvalue weighted by atomic mass is 16.3. The minimum Gasteiger partial charge on any atom is -0.456 e. The number of benzene rings is 5. The maximum absolute atomic E-state index is 6.71. The zero-order chi connectivity index (χ0) is 26.3. The summed E-state index contributed by atoms with van der Waals surface area (Å²) in [6, 6.07) is 47.9.